The Morgan fingerprint density at radius 1 is 0.697 bits per heavy atom. The fourth-order valence-corrected chi connectivity index (χ4v) is 13.0. The molecule has 0 radical (unpaired) electrons. The number of benzene rings is 2. The van der Waals surface area contributed by atoms with E-state index in [1.54, 1.807) is 0 Å². The molecule has 0 fully saturated rings. The summed E-state index contributed by atoms with van der Waals surface area (Å²) in [4.78, 5) is 26.0. The highest BCUT2D eigenvalue weighted by Crippen LogP contribution is 2.45. The number of ether oxygens (including phenoxy) is 2. The second kappa shape index (κ2) is 11.3. The summed E-state index contributed by atoms with van der Waals surface area (Å²) in [5.74, 6) is -1.51. The molecule has 0 spiro atoms. The standard InChI is InChI=1S/C27H40O4Si2/c1-20(2)23(32(5,6)21-15-11-9-12-16-21)19-24(25(26(28)30-3)27(29)31-4)33(7,8)22-17-13-10-14-18-22/h9-18,20,23-25H,19H2,1-8H3/t23-,24-/m1/s1. The van der Waals surface area contributed by atoms with Gasteiger partial charge in [-0.2, -0.15) is 0 Å². The first-order valence-corrected chi connectivity index (χ1v) is 17.9. The molecule has 0 unspecified atom stereocenters. The van der Waals surface area contributed by atoms with Gasteiger partial charge in [-0.1, -0.05) is 117 Å². The third kappa shape index (κ3) is 6.04. The van der Waals surface area contributed by atoms with Crippen LogP contribution in [0.4, 0.5) is 0 Å². The second-order valence-corrected chi connectivity index (χ2v) is 19.9. The molecule has 0 aromatic heterocycles. The molecule has 180 valence electrons. The molecule has 0 aliphatic heterocycles. The van der Waals surface area contributed by atoms with E-state index in [1.807, 2.05) is 18.2 Å². The zero-order valence-electron chi connectivity index (χ0n) is 21.4. The molecule has 0 heterocycles. The van der Waals surface area contributed by atoms with Crippen LogP contribution in [0.3, 0.4) is 0 Å². The van der Waals surface area contributed by atoms with Crippen molar-refractivity contribution in [1.82, 2.24) is 0 Å². The Balaban J connectivity index is 2.65. The molecular weight excluding hydrogens is 444 g/mol. The van der Waals surface area contributed by atoms with Gasteiger partial charge in [-0.3, -0.25) is 9.59 Å². The molecule has 0 amide bonds. The van der Waals surface area contributed by atoms with Crippen LogP contribution >= 0.6 is 0 Å². The van der Waals surface area contributed by atoms with Crippen LogP contribution in [0, 0.1) is 11.8 Å². The predicted octanol–water partition coefficient (Wildman–Crippen LogP) is 4.97. The van der Waals surface area contributed by atoms with Gasteiger partial charge in [0.05, 0.1) is 30.4 Å². The van der Waals surface area contributed by atoms with Crippen molar-refractivity contribution in [3.05, 3.63) is 60.7 Å². The minimum atomic E-state index is -2.30. The summed E-state index contributed by atoms with van der Waals surface area (Å²) >= 11 is 0. The number of esters is 2. The summed E-state index contributed by atoms with van der Waals surface area (Å²) in [6.45, 7) is 13.9. The summed E-state index contributed by atoms with van der Waals surface area (Å²) in [6.07, 6.45) is 0.786. The van der Waals surface area contributed by atoms with Crippen LogP contribution in [0.25, 0.3) is 0 Å². The van der Waals surface area contributed by atoms with E-state index in [4.69, 9.17) is 9.47 Å². The van der Waals surface area contributed by atoms with Gasteiger partial charge in [0.1, 0.15) is 0 Å². The first-order chi connectivity index (χ1) is 15.5. The maximum atomic E-state index is 13.0. The molecule has 4 nitrogen and oxygen atoms in total. The Bertz CT molecular complexity index is 894. The molecule has 0 aliphatic rings. The molecule has 2 aromatic rings. The summed E-state index contributed by atoms with van der Waals surface area (Å²) in [5, 5.41) is 2.63. The molecule has 0 saturated heterocycles. The van der Waals surface area contributed by atoms with Crippen molar-refractivity contribution in [3.8, 4) is 0 Å². The largest absolute Gasteiger partial charge is 0.468 e. The molecule has 0 N–H and O–H groups in total. The van der Waals surface area contributed by atoms with Crippen LogP contribution in [-0.4, -0.2) is 42.3 Å². The van der Waals surface area contributed by atoms with Crippen molar-refractivity contribution in [2.75, 3.05) is 14.2 Å². The number of rotatable bonds is 10. The van der Waals surface area contributed by atoms with Gasteiger partial charge in [-0.05, 0) is 17.0 Å². The lowest BCUT2D eigenvalue weighted by atomic mass is 9.96. The Kier molecular flexibility index (Phi) is 9.26. The van der Waals surface area contributed by atoms with Crippen LogP contribution in [0.1, 0.15) is 20.3 Å². The van der Waals surface area contributed by atoms with Gasteiger partial charge in [-0.25, -0.2) is 0 Å². The smallest absolute Gasteiger partial charge is 0.320 e. The van der Waals surface area contributed by atoms with E-state index >= 15 is 0 Å². The van der Waals surface area contributed by atoms with Gasteiger partial charge >= 0.3 is 11.9 Å². The summed E-state index contributed by atoms with van der Waals surface area (Å²) in [5.41, 5.74) is 0.222. The van der Waals surface area contributed by atoms with Crippen molar-refractivity contribution >= 4 is 38.5 Å². The van der Waals surface area contributed by atoms with Crippen molar-refractivity contribution in [1.29, 1.82) is 0 Å². The maximum Gasteiger partial charge on any atom is 0.320 e. The van der Waals surface area contributed by atoms with E-state index in [-0.39, 0.29) is 5.54 Å². The molecule has 2 rings (SSSR count). The van der Waals surface area contributed by atoms with Crippen molar-refractivity contribution in [3.63, 3.8) is 0 Å². The fourth-order valence-electron chi connectivity index (χ4n) is 5.36. The third-order valence-electron chi connectivity index (χ3n) is 7.51. The maximum absolute atomic E-state index is 13.0. The van der Waals surface area contributed by atoms with E-state index in [1.165, 1.54) is 24.6 Å². The number of methoxy groups -OCH3 is 2. The zero-order valence-corrected chi connectivity index (χ0v) is 23.4. The van der Waals surface area contributed by atoms with Crippen LogP contribution in [0.2, 0.25) is 37.3 Å². The molecule has 2 atom stereocenters. The Labute approximate surface area is 201 Å². The van der Waals surface area contributed by atoms with Gasteiger partial charge in [0.15, 0.2) is 5.92 Å². The highest BCUT2D eigenvalue weighted by molar-refractivity contribution is 6.92. The van der Waals surface area contributed by atoms with E-state index in [2.05, 4.69) is 82.5 Å². The van der Waals surface area contributed by atoms with E-state index in [0.29, 0.717) is 11.5 Å². The van der Waals surface area contributed by atoms with Crippen molar-refractivity contribution in [2.45, 2.75) is 57.5 Å². The summed E-state index contributed by atoms with van der Waals surface area (Å²) in [7, 11) is -1.52. The van der Waals surface area contributed by atoms with Crippen LogP contribution in [0.5, 0.6) is 0 Å². The first-order valence-electron chi connectivity index (χ1n) is 11.7. The summed E-state index contributed by atoms with van der Waals surface area (Å²) < 4.78 is 10.3. The quantitative estimate of drug-likeness (QED) is 0.271. The molecule has 0 aliphatic carbocycles. The molecule has 0 bridgehead atoms. The highest BCUT2D eigenvalue weighted by atomic mass is 28.3. The van der Waals surface area contributed by atoms with Gasteiger partial charge in [-0.15, -0.1) is 0 Å². The van der Waals surface area contributed by atoms with Crippen molar-refractivity contribution in [2.24, 2.45) is 11.8 Å². The lowest BCUT2D eigenvalue weighted by Gasteiger charge is -2.43. The van der Waals surface area contributed by atoms with E-state index in [9.17, 15) is 9.59 Å². The number of hydrogen-bond acceptors (Lipinski definition) is 4. The van der Waals surface area contributed by atoms with Gasteiger partial charge in [0, 0.05) is 0 Å². The minimum absolute atomic E-state index is 0.150. The highest BCUT2D eigenvalue weighted by Gasteiger charge is 2.50. The lowest BCUT2D eigenvalue weighted by molar-refractivity contribution is -0.159. The number of hydrogen-bond donors (Lipinski definition) is 0. The number of carbonyl (C=O) groups is 2. The lowest BCUT2D eigenvalue weighted by Crippen LogP contribution is -2.55. The molecule has 33 heavy (non-hydrogen) atoms. The van der Waals surface area contributed by atoms with Crippen LogP contribution in [-0.2, 0) is 19.1 Å². The van der Waals surface area contributed by atoms with Crippen LogP contribution < -0.4 is 10.4 Å². The molecule has 0 saturated carbocycles. The Morgan fingerprint density at radius 2 is 1.06 bits per heavy atom. The normalized spacial score (nSPS) is 14.1. The Morgan fingerprint density at radius 3 is 1.39 bits per heavy atom. The molecule has 2 aromatic carbocycles. The third-order valence-corrected chi connectivity index (χ3v) is 16.3. The first kappa shape index (κ1) is 27.1. The van der Waals surface area contributed by atoms with E-state index < -0.39 is 34.0 Å². The van der Waals surface area contributed by atoms with Crippen LogP contribution in [0.15, 0.2) is 60.7 Å². The zero-order chi connectivity index (χ0) is 24.8. The van der Waals surface area contributed by atoms with Gasteiger partial charge in [0.25, 0.3) is 0 Å². The topological polar surface area (TPSA) is 52.6 Å². The fraction of sp³-hybridized carbons (Fsp3) is 0.481. The SMILES string of the molecule is COC(=O)C(C(=O)OC)[C@@H](C[C@H](C(C)C)[Si](C)(C)c1ccccc1)[Si](C)(C)c1ccccc1. The minimum Gasteiger partial charge on any atom is -0.468 e. The predicted molar refractivity (Wildman–Crippen MR) is 142 cm³/mol. The van der Waals surface area contributed by atoms with E-state index in [0.717, 1.165) is 6.42 Å². The molecule has 6 heteroatoms. The average molecular weight is 485 g/mol. The van der Waals surface area contributed by atoms with Gasteiger partial charge < -0.3 is 9.47 Å². The average Bonchev–Trinajstić information content (AvgIpc) is 2.81. The van der Waals surface area contributed by atoms with Crippen molar-refractivity contribution < 1.29 is 19.1 Å². The summed E-state index contributed by atoms with van der Waals surface area (Å²) in [6, 6.07) is 21.1. The monoisotopic (exact) mass is 484 g/mol. The Hall–Kier alpha value is -2.19. The molecular formula is C27H40O4Si2. The second-order valence-electron chi connectivity index (χ2n) is 10.4. The number of carbonyl (C=O) groups excluding carboxylic acids is 2. The van der Waals surface area contributed by atoms with Gasteiger partial charge in [0.2, 0.25) is 0 Å².